The fraction of sp³-hybridized carbons (Fsp3) is 0.750. The molecule has 0 aromatic heterocycles. The lowest BCUT2D eigenvalue weighted by molar-refractivity contribution is -0.109. The molecule has 4 heteroatoms. The second-order valence-electron chi connectivity index (χ2n) is 11.7. The van der Waals surface area contributed by atoms with Crippen molar-refractivity contribution in [3.63, 3.8) is 0 Å². The summed E-state index contributed by atoms with van der Waals surface area (Å²) in [6.07, 6.45) is 7.90. The summed E-state index contributed by atoms with van der Waals surface area (Å²) >= 11 is 0. The van der Waals surface area contributed by atoms with Crippen LogP contribution >= 0.6 is 0 Å². The van der Waals surface area contributed by atoms with Gasteiger partial charge >= 0.3 is 0 Å². The van der Waals surface area contributed by atoms with E-state index in [1.165, 1.54) is 36.9 Å². The first-order chi connectivity index (χ1) is 15.1. The summed E-state index contributed by atoms with van der Waals surface area (Å²) in [4.78, 5) is 16.1. The Morgan fingerprint density at radius 3 is 2.25 bits per heavy atom. The summed E-state index contributed by atoms with van der Waals surface area (Å²) in [5, 5.41) is 0. The highest BCUT2D eigenvalue weighted by Gasteiger charge is 2.25. The fourth-order valence-corrected chi connectivity index (χ4v) is 4.46. The average molecular weight is 444 g/mol. The van der Waals surface area contributed by atoms with Gasteiger partial charge in [-0.3, -0.25) is 0 Å². The Morgan fingerprint density at radius 2 is 1.72 bits per heavy atom. The number of hydrogen-bond acceptors (Lipinski definition) is 4. The van der Waals surface area contributed by atoms with Crippen molar-refractivity contribution < 1.29 is 4.79 Å². The minimum absolute atomic E-state index is 0.254. The van der Waals surface area contributed by atoms with E-state index in [0.29, 0.717) is 17.4 Å². The molecule has 0 radical (unpaired) electrons. The maximum atomic E-state index is 10.9. The van der Waals surface area contributed by atoms with Crippen LogP contribution in [0.1, 0.15) is 79.2 Å². The van der Waals surface area contributed by atoms with Crippen molar-refractivity contribution in [2.24, 2.45) is 23.0 Å². The van der Waals surface area contributed by atoms with E-state index in [2.05, 4.69) is 75.6 Å². The van der Waals surface area contributed by atoms with E-state index in [4.69, 9.17) is 5.73 Å². The van der Waals surface area contributed by atoms with Crippen LogP contribution < -0.4 is 10.6 Å². The highest BCUT2D eigenvalue weighted by Crippen LogP contribution is 2.27. The van der Waals surface area contributed by atoms with E-state index < -0.39 is 0 Å². The Bertz CT molecular complexity index is 656. The van der Waals surface area contributed by atoms with E-state index in [1.807, 2.05) is 0 Å². The first-order valence-electron chi connectivity index (χ1n) is 12.9. The van der Waals surface area contributed by atoms with Crippen molar-refractivity contribution in [3.05, 3.63) is 29.8 Å². The van der Waals surface area contributed by atoms with Crippen LogP contribution in [0.25, 0.3) is 0 Å². The van der Waals surface area contributed by atoms with Gasteiger partial charge in [0.2, 0.25) is 0 Å². The summed E-state index contributed by atoms with van der Waals surface area (Å²) < 4.78 is 0. The van der Waals surface area contributed by atoms with E-state index in [0.717, 1.165) is 45.3 Å². The van der Waals surface area contributed by atoms with Crippen LogP contribution in [-0.4, -0.2) is 49.4 Å². The molecule has 1 aliphatic rings. The molecule has 0 bridgehead atoms. The van der Waals surface area contributed by atoms with E-state index >= 15 is 0 Å². The van der Waals surface area contributed by atoms with Crippen LogP contribution in [-0.2, 0) is 11.2 Å². The molecule has 2 unspecified atom stereocenters. The molecule has 4 nitrogen and oxygen atoms in total. The van der Waals surface area contributed by atoms with Gasteiger partial charge in [-0.05, 0) is 80.0 Å². The number of hydrogen-bond donors (Lipinski definition) is 1. The zero-order valence-corrected chi connectivity index (χ0v) is 21.6. The van der Waals surface area contributed by atoms with Crippen LogP contribution in [0.5, 0.6) is 0 Å². The number of nitrogens with two attached hydrogens (primary N) is 1. The molecular formula is C28H49N3O. The zero-order chi connectivity index (χ0) is 23.7. The molecule has 0 saturated carbocycles. The van der Waals surface area contributed by atoms with Crippen molar-refractivity contribution in [2.75, 3.05) is 31.1 Å². The summed E-state index contributed by atoms with van der Waals surface area (Å²) in [7, 11) is 0. The number of rotatable bonds is 12. The maximum Gasteiger partial charge on any atom is 0.136 e. The third-order valence-corrected chi connectivity index (χ3v) is 7.09. The smallest absolute Gasteiger partial charge is 0.136 e. The zero-order valence-electron chi connectivity index (χ0n) is 21.6. The normalized spacial score (nSPS) is 18.0. The lowest BCUT2D eigenvalue weighted by atomic mass is 9.88. The van der Waals surface area contributed by atoms with Gasteiger partial charge in [-0.25, -0.2) is 0 Å². The van der Waals surface area contributed by atoms with Gasteiger partial charge in [0.1, 0.15) is 6.29 Å². The van der Waals surface area contributed by atoms with Crippen LogP contribution in [0.3, 0.4) is 0 Å². The summed E-state index contributed by atoms with van der Waals surface area (Å²) in [5.41, 5.74) is 9.09. The lowest BCUT2D eigenvalue weighted by Crippen LogP contribution is -2.46. The molecule has 1 aromatic carbocycles. The Balaban J connectivity index is 1.95. The van der Waals surface area contributed by atoms with Gasteiger partial charge in [0.25, 0.3) is 0 Å². The molecule has 1 saturated heterocycles. The third-order valence-electron chi connectivity index (χ3n) is 7.09. The molecule has 1 heterocycles. The number of piperidine rings is 1. The van der Waals surface area contributed by atoms with Gasteiger partial charge in [-0.1, -0.05) is 53.7 Å². The van der Waals surface area contributed by atoms with Crippen LogP contribution in [0.4, 0.5) is 5.69 Å². The van der Waals surface area contributed by atoms with E-state index in [-0.39, 0.29) is 12.0 Å². The van der Waals surface area contributed by atoms with E-state index in [1.54, 1.807) is 0 Å². The number of likely N-dealkylation sites (tertiary alicyclic amines) is 1. The molecular weight excluding hydrogens is 394 g/mol. The molecule has 2 rings (SSSR count). The Labute approximate surface area is 197 Å². The van der Waals surface area contributed by atoms with Crippen LogP contribution in [0.15, 0.2) is 24.3 Å². The number of nitrogens with zero attached hydrogens (tertiary/aromatic N) is 2. The number of aldehydes is 1. The van der Waals surface area contributed by atoms with Crippen molar-refractivity contribution in [1.29, 1.82) is 0 Å². The van der Waals surface area contributed by atoms with Gasteiger partial charge in [-0.15, -0.1) is 0 Å². The standard InChI is InChI=1S/C28H49N3O/c1-22(2)12-20-31(25-9-7-24(8-10-25)11-16-28(4,5)6)26-14-18-30(19-15-26)17-13-23(3)27(29)21-32/h7-10,21-23,26-27H,11-20,29H2,1-6H3. The highest BCUT2D eigenvalue weighted by molar-refractivity contribution is 5.57. The van der Waals surface area contributed by atoms with Gasteiger partial charge < -0.3 is 20.3 Å². The molecule has 0 amide bonds. The quantitative estimate of drug-likeness (QED) is 0.431. The first kappa shape index (κ1) is 26.9. The largest absolute Gasteiger partial charge is 0.368 e. The number of aryl methyl sites for hydroxylation is 1. The Morgan fingerprint density at radius 1 is 1.09 bits per heavy atom. The maximum absolute atomic E-state index is 10.9. The van der Waals surface area contributed by atoms with E-state index in [9.17, 15) is 4.79 Å². The fourth-order valence-electron chi connectivity index (χ4n) is 4.46. The predicted octanol–water partition coefficient (Wildman–Crippen LogP) is 5.53. The Hall–Kier alpha value is -1.39. The Kier molecular flexibility index (Phi) is 10.7. The molecule has 182 valence electrons. The topological polar surface area (TPSA) is 49.6 Å². The first-order valence-corrected chi connectivity index (χ1v) is 12.9. The minimum Gasteiger partial charge on any atom is -0.368 e. The molecule has 32 heavy (non-hydrogen) atoms. The molecule has 0 spiro atoms. The van der Waals surface area contributed by atoms with Crippen LogP contribution in [0.2, 0.25) is 0 Å². The molecule has 2 N–H and O–H groups in total. The van der Waals surface area contributed by atoms with Gasteiger partial charge in [0, 0.05) is 31.4 Å². The number of benzene rings is 1. The molecule has 1 aliphatic heterocycles. The van der Waals surface area contributed by atoms with Crippen molar-refractivity contribution in [1.82, 2.24) is 4.90 Å². The molecule has 1 aromatic rings. The van der Waals surface area contributed by atoms with Gasteiger partial charge in [0.15, 0.2) is 0 Å². The minimum atomic E-state index is -0.328. The molecule has 0 aliphatic carbocycles. The predicted molar refractivity (Wildman–Crippen MR) is 138 cm³/mol. The monoisotopic (exact) mass is 443 g/mol. The summed E-state index contributed by atoms with van der Waals surface area (Å²) in [6, 6.07) is 9.68. The van der Waals surface area contributed by atoms with Crippen molar-refractivity contribution in [3.8, 4) is 0 Å². The second kappa shape index (κ2) is 12.7. The van der Waals surface area contributed by atoms with Crippen molar-refractivity contribution in [2.45, 2.75) is 92.2 Å². The number of carbonyl (C=O) groups is 1. The lowest BCUT2D eigenvalue weighted by Gasteiger charge is -2.40. The number of anilines is 1. The number of carbonyl (C=O) groups excluding carboxylic acids is 1. The van der Waals surface area contributed by atoms with Crippen molar-refractivity contribution >= 4 is 12.0 Å². The average Bonchev–Trinajstić information content (AvgIpc) is 2.76. The van der Waals surface area contributed by atoms with Gasteiger partial charge in [0.05, 0.1) is 6.04 Å². The second-order valence-corrected chi connectivity index (χ2v) is 11.7. The SMILES string of the molecule is CC(C)CCN(c1ccc(CCC(C)(C)C)cc1)C1CCN(CCC(C)C(N)C=O)CC1. The summed E-state index contributed by atoms with van der Waals surface area (Å²) in [6.45, 7) is 18.1. The highest BCUT2D eigenvalue weighted by atomic mass is 16.1. The summed E-state index contributed by atoms with van der Waals surface area (Å²) in [5.74, 6) is 0.969. The molecule has 1 fully saturated rings. The van der Waals surface area contributed by atoms with Gasteiger partial charge in [-0.2, -0.15) is 0 Å². The molecule has 2 atom stereocenters. The van der Waals surface area contributed by atoms with Crippen LogP contribution in [0, 0.1) is 17.3 Å². The third kappa shape index (κ3) is 9.23.